The summed E-state index contributed by atoms with van der Waals surface area (Å²) >= 11 is 0. The lowest BCUT2D eigenvalue weighted by Crippen LogP contribution is -2.48. The molecule has 0 radical (unpaired) electrons. The van der Waals surface area contributed by atoms with Crippen molar-refractivity contribution in [2.24, 2.45) is 5.92 Å². The Labute approximate surface area is 110 Å². The van der Waals surface area contributed by atoms with Crippen molar-refractivity contribution in [3.05, 3.63) is 0 Å². The maximum absolute atomic E-state index is 11.3. The standard InChI is InChI=1S/C13H27NO4/c1-6-16-11(15)9-14-12(10(4)5)13(17-7-2)18-8-3/h10,12-14H,6-9H2,1-5H3/t12-/m0/s1. The molecule has 5 nitrogen and oxygen atoms in total. The van der Waals surface area contributed by atoms with Crippen LogP contribution in [0.4, 0.5) is 0 Å². The fourth-order valence-electron chi connectivity index (χ4n) is 1.64. The zero-order chi connectivity index (χ0) is 14.0. The monoisotopic (exact) mass is 261 g/mol. The van der Waals surface area contributed by atoms with Gasteiger partial charge in [0, 0.05) is 13.2 Å². The highest BCUT2D eigenvalue weighted by Crippen LogP contribution is 2.11. The van der Waals surface area contributed by atoms with Gasteiger partial charge < -0.3 is 14.2 Å². The van der Waals surface area contributed by atoms with Gasteiger partial charge in [-0.2, -0.15) is 0 Å². The molecule has 0 aromatic carbocycles. The number of carbonyl (C=O) groups is 1. The Hall–Kier alpha value is -0.650. The smallest absolute Gasteiger partial charge is 0.319 e. The predicted octanol–water partition coefficient (Wildman–Crippen LogP) is 1.56. The van der Waals surface area contributed by atoms with Crippen LogP contribution >= 0.6 is 0 Å². The summed E-state index contributed by atoms with van der Waals surface area (Å²) in [5, 5.41) is 3.15. The minimum Gasteiger partial charge on any atom is -0.465 e. The summed E-state index contributed by atoms with van der Waals surface area (Å²) in [5.74, 6) is 0.0393. The van der Waals surface area contributed by atoms with E-state index in [4.69, 9.17) is 14.2 Å². The number of hydrogen-bond acceptors (Lipinski definition) is 5. The van der Waals surface area contributed by atoms with Crippen LogP contribution in [0.3, 0.4) is 0 Å². The normalized spacial score (nSPS) is 13.1. The third-order valence-corrected chi connectivity index (χ3v) is 2.46. The van der Waals surface area contributed by atoms with E-state index in [0.29, 0.717) is 25.7 Å². The highest BCUT2D eigenvalue weighted by atomic mass is 16.7. The first-order valence-corrected chi connectivity index (χ1v) is 6.68. The van der Waals surface area contributed by atoms with Crippen LogP contribution in [-0.4, -0.2) is 44.7 Å². The van der Waals surface area contributed by atoms with Gasteiger partial charge in [0.2, 0.25) is 0 Å². The lowest BCUT2D eigenvalue weighted by Gasteiger charge is -2.30. The first kappa shape index (κ1) is 17.4. The lowest BCUT2D eigenvalue weighted by atomic mass is 10.0. The fourth-order valence-corrected chi connectivity index (χ4v) is 1.64. The average Bonchev–Trinajstić information content (AvgIpc) is 2.29. The third-order valence-electron chi connectivity index (χ3n) is 2.46. The van der Waals surface area contributed by atoms with E-state index in [0.717, 1.165) is 0 Å². The van der Waals surface area contributed by atoms with Crippen LogP contribution < -0.4 is 5.32 Å². The van der Waals surface area contributed by atoms with Crippen molar-refractivity contribution < 1.29 is 19.0 Å². The zero-order valence-corrected chi connectivity index (χ0v) is 12.2. The Bertz CT molecular complexity index is 215. The largest absolute Gasteiger partial charge is 0.465 e. The minimum absolute atomic E-state index is 0.0330. The highest BCUT2D eigenvalue weighted by Gasteiger charge is 2.25. The van der Waals surface area contributed by atoms with Crippen LogP contribution in [0.5, 0.6) is 0 Å². The van der Waals surface area contributed by atoms with E-state index in [-0.39, 0.29) is 24.8 Å². The molecule has 0 amide bonds. The van der Waals surface area contributed by atoms with Gasteiger partial charge >= 0.3 is 5.97 Å². The molecule has 5 heteroatoms. The molecule has 108 valence electrons. The molecule has 0 aliphatic carbocycles. The molecule has 0 aromatic rings. The molecule has 18 heavy (non-hydrogen) atoms. The van der Waals surface area contributed by atoms with E-state index in [1.807, 2.05) is 13.8 Å². The molecule has 0 spiro atoms. The van der Waals surface area contributed by atoms with Crippen molar-refractivity contribution in [2.75, 3.05) is 26.4 Å². The van der Waals surface area contributed by atoms with E-state index in [2.05, 4.69) is 19.2 Å². The molecule has 0 rings (SSSR count). The van der Waals surface area contributed by atoms with Crippen molar-refractivity contribution in [2.45, 2.75) is 47.0 Å². The van der Waals surface area contributed by atoms with Crippen molar-refractivity contribution >= 4 is 5.97 Å². The van der Waals surface area contributed by atoms with Crippen LogP contribution in [-0.2, 0) is 19.0 Å². The molecule has 1 N–H and O–H groups in total. The van der Waals surface area contributed by atoms with Gasteiger partial charge in [0.05, 0.1) is 19.2 Å². The van der Waals surface area contributed by atoms with Gasteiger partial charge in [-0.1, -0.05) is 13.8 Å². The van der Waals surface area contributed by atoms with Gasteiger partial charge in [-0.25, -0.2) is 0 Å². The van der Waals surface area contributed by atoms with Crippen LogP contribution in [0, 0.1) is 5.92 Å². The highest BCUT2D eigenvalue weighted by molar-refractivity contribution is 5.71. The molecule has 1 atom stereocenters. The summed E-state index contributed by atoms with van der Waals surface area (Å²) in [6.45, 7) is 11.5. The second-order valence-electron chi connectivity index (χ2n) is 4.23. The molecular weight excluding hydrogens is 234 g/mol. The molecule has 0 heterocycles. The summed E-state index contributed by atoms with van der Waals surface area (Å²) in [4.78, 5) is 11.3. The van der Waals surface area contributed by atoms with Crippen LogP contribution in [0.2, 0.25) is 0 Å². The molecule has 0 bridgehead atoms. The van der Waals surface area contributed by atoms with Crippen LogP contribution in [0.25, 0.3) is 0 Å². The maximum atomic E-state index is 11.3. The van der Waals surface area contributed by atoms with Crippen molar-refractivity contribution in [3.63, 3.8) is 0 Å². The topological polar surface area (TPSA) is 56.8 Å². The predicted molar refractivity (Wildman–Crippen MR) is 70.3 cm³/mol. The Morgan fingerprint density at radius 1 is 1.06 bits per heavy atom. The van der Waals surface area contributed by atoms with Crippen LogP contribution in [0.15, 0.2) is 0 Å². The van der Waals surface area contributed by atoms with Crippen molar-refractivity contribution in [1.29, 1.82) is 0 Å². The number of ether oxygens (including phenoxy) is 3. The van der Waals surface area contributed by atoms with E-state index in [1.165, 1.54) is 0 Å². The molecule has 0 fully saturated rings. The molecule has 0 aliphatic heterocycles. The maximum Gasteiger partial charge on any atom is 0.319 e. The minimum atomic E-state index is -0.338. The summed E-state index contributed by atoms with van der Waals surface area (Å²) in [5.41, 5.74) is 0. The van der Waals surface area contributed by atoms with E-state index >= 15 is 0 Å². The first-order chi connectivity index (χ1) is 8.56. The van der Waals surface area contributed by atoms with Crippen molar-refractivity contribution in [1.82, 2.24) is 5.32 Å². The second kappa shape index (κ2) is 10.3. The Kier molecular flexibility index (Phi) is 9.92. The summed E-state index contributed by atoms with van der Waals surface area (Å²) in [6, 6.07) is -0.0330. The Morgan fingerprint density at radius 3 is 2.00 bits per heavy atom. The van der Waals surface area contributed by atoms with E-state index in [9.17, 15) is 4.79 Å². The molecule has 0 aromatic heterocycles. The van der Waals surface area contributed by atoms with Crippen LogP contribution in [0.1, 0.15) is 34.6 Å². The van der Waals surface area contributed by atoms with Gasteiger partial charge in [0.15, 0.2) is 6.29 Å². The summed E-state index contributed by atoms with van der Waals surface area (Å²) < 4.78 is 16.0. The van der Waals surface area contributed by atoms with Gasteiger partial charge in [0.1, 0.15) is 0 Å². The Balaban J connectivity index is 4.37. The third kappa shape index (κ3) is 6.93. The molecular formula is C13H27NO4. The van der Waals surface area contributed by atoms with Crippen molar-refractivity contribution in [3.8, 4) is 0 Å². The number of nitrogens with one attached hydrogen (secondary N) is 1. The van der Waals surface area contributed by atoms with Gasteiger partial charge in [0.25, 0.3) is 0 Å². The van der Waals surface area contributed by atoms with E-state index in [1.54, 1.807) is 6.92 Å². The summed E-state index contributed by atoms with van der Waals surface area (Å²) in [6.07, 6.45) is -0.338. The molecule has 0 unspecified atom stereocenters. The number of esters is 1. The first-order valence-electron chi connectivity index (χ1n) is 6.68. The SMILES string of the molecule is CCOC(=O)CN[C@@H](C(C)C)C(OCC)OCC. The zero-order valence-electron chi connectivity index (χ0n) is 12.2. The second-order valence-corrected chi connectivity index (χ2v) is 4.23. The average molecular weight is 261 g/mol. The quantitative estimate of drug-likeness (QED) is 0.478. The number of rotatable bonds is 10. The Morgan fingerprint density at radius 2 is 1.61 bits per heavy atom. The number of hydrogen-bond donors (Lipinski definition) is 1. The molecule has 0 saturated carbocycles. The van der Waals surface area contributed by atoms with E-state index < -0.39 is 0 Å². The van der Waals surface area contributed by atoms with Gasteiger partial charge in [-0.05, 0) is 26.7 Å². The fraction of sp³-hybridized carbons (Fsp3) is 0.923. The number of carbonyl (C=O) groups excluding carboxylic acids is 1. The van der Waals surface area contributed by atoms with Gasteiger partial charge in [-0.15, -0.1) is 0 Å². The lowest BCUT2D eigenvalue weighted by molar-refractivity contribution is -0.162. The molecule has 0 aliphatic rings. The molecule has 0 saturated heterocycles. The summed E-state index contributed by atoms with van der Waals surface area (Å²) in [7, 11) is 0. The van der Waals surface area contributed by atoms with Gasteiger partial charge in [-0.3, -0.25) is 10.1 Å².